The number of hydrogen-bond acceptors (Lipinski definition) is 15. The highest BCUT2D eigenvalue weighted by molar-refractivity contribution is 7.47. The topological polar surface area (TPSA) is 237 Å². The van der Waals surface area contributed by atoms with Crippen LogP contribution in [0, 0.1) is 11.8 Å². The third-order valence-corrected chi connectivity index (χ3v) is 15.5. The molecule has 0 saturated heterocycles. The summed E-state index contributed by atoms with van der Waals surface area (Å²) in [4.78, 5) is 71.8. The molecule has 0 aromatic heterocycles. The molecule has 3 N–H and O–H groups in total. The molecule has 0 rings (SSSR count). The van der Waals surface area contributed by atoms with E-state index in [2.05, 4.69) is 65.8 Å². The van der Waals surface area contributed by atoms with Crippen LogP contribution in [0.25, 0.3) is 0 Å². The highest BCUT2D eigenvalue weighted by atomic mass is 31.2. The second-order valence-corrected chi connectivity index (χ2v) is 25.6. The maximum Gasteiger partial charge on any atom is 0.472 e. The smallest absolute Gasteiger partial charge is 0.462 e. The minimum Gasteiger partial charge on any atom is -0.462 e. The maximum absolute atomic E-state index is 12.9. The van der Waals surface area contributed by atoms with E-state index in [9.17, 15) is 43.2 Å². The lowest BCUT2D eigenvalue weighted by Crippen LogP contribution is -2.30. The van der Waals surface area contributed by atoms with Gasteiger partial charge < -0.3 is 33.8 Å². The molecule has 0 heterocycles. The molecule has 0 spiro atoms. The minimum atomic E-state index is -4.95. The number of carbonyl (C=O) groups excluding carboxylic acids is 4. The van der Waals surface area contributed by atoms with Crippen molar-refractivity contribution in [3.05, 3.63) is 24.3 Å². The van der Waals surface area contributed by atoms with Gasteiger partial charge in [0.1, 0.15) is 19.3 Å². The average molecular weight is 1200 g/mol. The molecule has 476 valence electrons. The van der Waals surface area contributed by atoms with Gasteiger partial charge >= 0.3 is 39.5 Å². The van der Waals surface area contributed by atoms with Crippen molar-refractivity contribution in [2.24, 2.45) is 11.8 Å². The summed E-state index contributed by atoms with van der Waals surface area (Å²) < 4.78 is 67.6. The van der Waals surface area contributed by atoms with Gasteiger partial charge in [-0.15, -0.1) is 0 Å². The lowest BCUT2D eigenvalue weighted by Gasteiger charge is -2.21. The van der Waals surface area contributed by atoms with Crippen LogP contribution in [0.3, 0.4) is 0 Å². The van der Waals surface area contributed by atoms with Crippen molar-refractivity contribution in [3.63, 3.8) is 0 Å². The van der Waals surface area contributed by atoms with E-state index in [4.69, 9.17) is 37.0 Å². The Morgan fingerprint density at radius 2 is 0.667 bits per heavy atom. The Kier molecular flexibility index (Phi) is 52.6. The summed E-state index contributed by atoms with van der Waals surface area (Å²) in [5.74, 6) is -0.763. The van der Waals surface area contributed by atoms with Crippen LogP contribution in [0.1, 0.15) is 279 Å². The molecule has 0 amide bonds. The van der Waals surface area contributed by atoms with Crippen LogP contribution < -0.4 is 0 Å². The van der Waals surface area contributed by atoms with Gasteiger partial charge in [-0.3, -0.25) is 37.3 Å². The summed E-state index contributed by atoms with van der Waals surface area (Å²) in [5.41, 5.74) is 0. The molecule has 0 aliphatic heterocycles. The van der Waals surface area contributed by atoms with Gasteiger partial charge in [-0.05, 0) is 63.2 Å². The van der Waals surface area contributed by atoms with E-state index in [0.29, 0.717) is 31.6 Å². The Morgan fingerprint density at radius 1 is 0.383 bits per heavy atom. The van der Waals surface area contributed by atoms with Gasteiger partial charge in [0, 0.05) is 25.7 Å². The van der Waals surface area contributed by atoms with Crippen molar-refractivity contribution in [1.82, 2.24) is 0 Å². The predicted octanol–water partition coefficient (Wildman–Crippen LogP) is 16.4. The largest absolute Gasteiger partial charge is 0.472 e. The predicted molar refractivity (Wildman–Crippen MR) is 321 cm³/mol. The second-order valence-electron chi connectivity index (χ2n) is 22.7. The molecule has 19 heteroatoms. The zero-order valence-corrected chi connectivity index (χ0v) is 53.3. The molecule has 0 aliphatic carbocycles. The van der Waals surface area contributed by atoms with E-state index in [-0.39, 0.29) is 25.7 Å². The summed E-state index contributed by atoms with van der Waals surface area (Å²) in [6.07, 6.45) is 38.9. The molecule has 5 atom stereocenters. The summed E-state index contributed by atoms with van der Waals surface area (Å²) in [6, 6.07) is 0. The molecule has 0 aliphatic rings. The van der Waals surface area contributed by atoms with Gasteiger partial charge in [0.2, 0.25) is 0 Å². The Bertz CT molecular complexity index is 1690. The van der Waals surface area contributed by atoms with Crippen LogP contribution in [0.15, 0.2) is 24.3 Å². The van der Waals surface area contributed by atoms with Crippen LogP contribution >= 0.6 is 15.6 Å². The Morgan fingerprint density at radius 3 is 1.01 bits per heavy atom. The summed E-state index contributed by atoms with van der Waals surface area (Å²) in [5, 5.41) is 10.5. The van der Waals surface area contributed by atoms with Crippen LogP contribution in [0.2, 0.25) is 0 Å². The fraction of sp³-hybridized carbons (Fsp3) is 0.871. The number of unbranched alkanes of at least 4 members (excludes halogenated alkanes) is 26. The molecule has 17 nitrogen and oxygen atoms in total. The van der Waals surface area contributed by atoms with E-state index in [1.165, 1.54) is 70.6 Å². The number of aliphatic hydroxyl groups excluding tert-OH is 1. The van der Waals surface area contributed by atoms with Crippen LogP contribution in [0.4, 0.5) is 0 Å². The number of esters is 4. The molecular formula is C62H116O17P2. The summed E-state index contributed by atoms with van der Waals surface area (Å²) in [6.45, 7) is 9.22. The van der Waals surface area contributed by atoms with E-state index >= 15 is 0 Å². The van der Waals surface area contributed by atoms with Crippen LogP contribution in [-0.4, -0.2) is 96.7 Å². The van der Waals surface area contributed by atoms with Crippen molar-refractivity contribution in [2.45, 2.75) is 297 Å². The third kappa shape index (κ3) is 56.4. The number of aliphatic hydroxyl groups is 1. The average Bonchev–Trinajstić information content (AvgIpc) is 3.42. The number of phosphoric ester groups is 2. The van der Waals surface area contributed by atoms with Crippen LogP contribution in [-0.2, 0) is 65.4 Å². The highest BCUT2D eigenvalue weighted by Crippen LogP contribution is 2.45. The summed E-state index contributed by atoms with van der Waals surface area (Å²) >= 11 is 0. The fourth-order valence-corrected chi connectivity index (χ4v) is 10.2. The number of rotatable bonds is 59. The van der Waals surface area contributed by atoms with Crippen molar-refractivity contribution in [3.8, 4) is 0 Å². The fourth-order valence-electron chi connectivity index (χ4n) is 8.64. The van der Waals surface area contributed by atoms with Gasteiger partial charge in [-0.1, -0.05) is 226 Å². The molecule has 0 aromatic carbocycles. The minimum absolute atomic E-state index is 0.0839. The first-order chi connectivity index (χ1) is 38.9. The molecule has 0 saturated carbocycles. The highest BCUT2D eigenvalue weighted by Gasteiger charge is 2.30. The van der Waals surface area contributed by atoms with E-state index in [1.54, 1.807) is 0 Å². The summed E-state index contributed by atoms with van der Waals surface area (Å²) in [7, 11) is -9.89. The second kappa shape index (κ2) is 54.2. The first-order valence-electron chi connectivity index (χ1n) is 31.8. The molecule has 0 bridgehead atoms. The monoisotopic (exact) mass is 1190 g/mol. The van der Waals surface area contributed by atoms with Crippen molar-refractivity contribution >= 4 is 39.5 Å². The standard InChI is InChI=1S/C62H116O17P2/c1-7-9-11-13-14-15-16-17-18-19-20-21-28-34-40-46-61(66)79-58(51-73-60(65)45-39-33-27-23-22-25-31-36-42-54(3)4)53-77-81(70,71)75-49-56(63)48-74-80(68,69)76-52-57(50-72-59(64)44-38-30-12-10-8-2)78-62(67)47-41-35-29-24-26-32-37-43-55(5)6/h15-18,54-58,63H,7-14,19-53H2,1-6H3,(H,68,69)(H,70,71)/b16-15-,18-17-/t56-,57+,58+/m0/s1. The number of carbonyl (C=O) groups is 4. The Balaban J connectivity index is 5.22. The van der Waals surface area contributed by atoms with Gasteiger partial charge in [-0.2, -0.15) is 0 Å². The van der Waals surface area contributed by atoms with E-state index in [0.717, 1.165) is 121 Å². The third-order valence-electron chi connectivity index (χ3n) is 13.6. The molecule has 0 fully saturated rings. The van der Waals surface area contributed by atoms with Crippen molar-refractivity contribution < 1.29 is 80.2 Å². The zero-order chi connectivity index (χ0) is 60.1. The van der Waals surface area contributed by atoms with Crippen LogP contribution in [0.5, 0.6) is 0 Å². The SMILES string of the molecule is CCCCCC/C=C\C=C/CCCCCCCC(=O)O[C@H](COC(=O)CCCCCCCCCCC(C)C)COP(=O)(O)OC[C@@H](O)COP(=O)(O)OC[C@@H](COC(=O)CCCCCCC)OC(=O)CCCCCCCCCC(C)C. The van der Waals surface area contributed by atoms with Gasteiger partial charge in [-0.25, -0.2) is 9.13 Å². The first kappa shape index (κ1) is 78.5. The number of hydrogen-bond donors (Lipinski definition) is 3. The Labute approximate surface area is 491 Å². The van der Waals surface area contributed by atoms with Gasteiger partial charge in [0.15, 0.2) is 12.2 Å². The first-order valence-corrected chi connectivity index (χ1v) is 34.8. The lowest BCUT2D eigenvalue weighted by atomic mass is 10.0. The normalized spacial score (nSPS) is 14.6. The van der Waals surface area contributed by atoms with Gasteiger partial charge in [0.05, 0.1) is 26.4 Å². The van der Waals surface area contributed by atoms with E-state index < -0.39 is 97.5 Å². The lowest BCUT2D eigenvalue weighted by molar-refractivity contribution is -0.161. The Hall–Kier alpha value is -2.46. The molecule has 81 heavy (non-hydrogen) atoms. The van der Waals surface area contributed by atoms with E-state index in [1.807, 2.05) is 0 Å². The number of ether oxygens (including phenoxy) is 4. The molecule has 0 aromatic rings. The molecular weight excluding hydrogens is 1080 g/mol. The van der Waals surface area contributed by atoms with Crippen molar-refractivity contribution in [2.75, 3.05) is 39.6 Å². The van der Waals surface area contributed by atoms with Gasteiger partial charge in [0.25, 0.3) is 0 Å². The zero-order valence-electron chi connectivity index (χ0n) is 51.6. The number of allylic oxidation sites excluding steroid dienone is 4. The number of phosphoric acid groups is 2. The quantitative estimate of drug-likeness (QED) is 0.0169. The van der Waals surface area contributed by atoms with Crippen molar-refractivity contribution in [1.29, 1.82) is 0 Å². The maximum atomic E-state index is 12.9. The molecule has 2 unspecified atom stereocenters. The molecule has 0 radical (unpaired) electrons.